The maximum Gasteiger partial charge on any atom is 0.179 e. The fourth-order valence-corrected chi connectivity index (χ4v) is 4.18. The second-order valence-electron chi connectivity index (χ2n) is 5.96. The molecule has 1 fully saturated rings. The van der Waals surface area contributed by atoms with Crippen LogP contribution in [0.3, 0.4) is 0 Å². The van der Waals surface area contributed by atoms with Crippen molar-refractivity contribution in [2.45, 2.75) is 42.8 Å². The molecule has 0 bridgehead atoms. The minimum Gasteiger partial charge on any atom is -0.293 e. The average Bonchev–Trinajstić information content (AvgIpc) is 2.44. The van der Waals surface area contributed by atoms with Crippen LogP contribution >= 0.6 is 11.8 Å². The molecule has 0 heterocycles. The Hall–Kier alpha value is -1.54. The summed E-state index contributed by atoms with van der Waals surface area (Å²) >= 11 is 1.75. The Bertz CT molecular complexity index is 654. The summed E-state index contributed by atoms with van der Waals surface area (Å²) in [6, 6.07) is 16.5. The molecular weight excluding hydrogens is 276 g/mol. The lowest BCUT2D eigenvalue weighted by Gasteiger charge is -2.39. The minimum atomic E-state index is -0.247. The highest BCUT2D eigenvalue weighted by Crippen LogP contribution is 2.49. The van der Waals surface area contributed by atoms with Crippen LogP contribution < -0.4 is 0 Å². The number of carbonyl (C=O) groups is 1. The van der Waals surface area contributed by atoms with Gasteiger partial charge in [0.15, 0.2) is 5.78 Å². The third-order valence-electron chi connectivity index (χ3n) is 4.19. The first-order valence-electron chi connectivity index (χ1n) is 7.46. The van der Waals surface area contributed by atoms with E-state index in [2.05, 4.69) is 31.2 Å². The fraction of sp³-hybridized carbons (Fsp3) is 0.316. The summed E-state index contributed by atoms with van der Waals surface area (Å²) in [4.78, 5) is 14.1. The normalized spacial score (nSPS) is 16.3. The van der Waals surface area contributed by atoms with Gasteiger partial charge in [0.1, 0.15) is 0 Å². The maximum atomic E-state index is 13.0. The average molecular weight is 296 g/mol. The van der Waals surface area contributed by atoms with E-state index in [-0.39, 0.29) is 4.75 Å². The van der Waals surface area contributed by atoms with Crippen molar-refractivity contribution in [3.63, 3.8) is 0 Å². The number of aryl methyl sites for hydroxylation is 2. The highest BCUT2D eigenvalue weighted by atomic mass is 32.2. The van der Waals surface area contributed by atoms with Gasteiger partial charge < -0.3 is 0 Å². The van der Waals surface area contributed by atoms with Crippen LogP contribution in [-0.4, -0.2) is 10.5 Å². The van der Waals surface area contributed by atoms with Crippen molar-refractivity contribution in [3.8, 4) is 0 Å². The second kappa shape index (κ2) is 5.69. The van der Waals surface area contributed by atoms with Gasteiger partial charge in [-0.05, 0) is 51.3 Å². The summed E-state index contributed by atoms with van der Waals surface area (Å²) in [6.07, 6.45) is 3.12. The van der Waals surface area contributed by atoms with Crippen LogP contribution in [0.1, 0.15) is 40.7 Å². The molecule has 0 spiro atoms. The first-order chi connectivity index (χ1) is 10.1. The first kappa shape index (κ1) is 14.4. The number of hydrogen-bond acceptors (Lipinski definition) is 2. The zero-order chi connectivity index (χ0) is 14.9. The van der Waals surface area contributed by atoms with E-state index in [1.165, 1.54) is 10.5 Å². The molecule has 108 valence electrons. The number of ketones is 1. The highest BCUT2D eigenvalue weighted by molar-refractivity contribution is 8.01. The van der Waals surface area contributed by atoms with E-state index in [9.17, 15) is 4.79 Å². The Kier molecular flexibility index (Phi) is 3.90. The van der Waals surface area contributed by atoms with Crippen molar-refractivity contribution in [1.82, 2.24) is 0 Å². The third kappa shape index (κ3) is 2.91. The molecular formula is C19H20OS. The van der Waals surface area contributed by atoms with Crippen LogP contribution in [-0.2, 0) is 0 Å². The van der Waals surface area contributed by atoms with E-state index in [0.29, 0.717) is 5.78 Å². The van der Waals surface area contributed by atoms with Crippen LogP contribution in [0, 0.1) is 13.8 Å². The largest absolute Gasteiger partial charge is 0.293 e. The van der Waals surface area contributed by atoms with Crippen molar-refractivity contribution in [2.24, 2.45) is 0 Å². The topological polar surface area (TPSA) is 17.1 Å². The van der Waals surface area contributed by atoms with Gasteiger partial charge in [-0.3, -0.25) is 4.79 Å². The summed E-state index contributed by atoms with van der Waals surface area (Å²) in [5, 5.41) is 0. The first-order valence-corrected chi connectivity index (χ1v) is 8.28. The molecule has 0 saturated heterocycles. The van der Waals surface area contributed by atoms with Gasteiger partial charge in [0.05, 0.1) is 4.75 Å². The van der Waals surface area contributed by atoms with Gasteiger partial charge in [-0.15, -0.1) is 11.8 Å². The van der Waals surface area contributed by atoms with Gasteiger partial charge in [0.2, 0.25) is 0 Å². The summed E-state index contributed by atoms with van der Waals surface area (Å²) in [7, 11) is 0. The zero-order valence-electron chi connectivity index (χ0n) is 12.6. The number of benzene rings is 2. The van der Waals surface area contributed by atoms with Crippen LogP contribution in [0.25, 0.3) is 0 Å². The van der Waals surface area contributed by atoms with Crippen LogP contribution in [0.2, 0.25) is 0 Å². The summed E-state index contributed by atoms with van der Waals surface area (Å²) in [5.41, 5.74) is 3.26. The molecule has 1 saturated carbocycles. The molecule has 0 aliphatic heterocycles. The monoisotopic (exact) mass is 296 g/mol. The van der Waals surface area contributed by atoms with Gasteiger partial charge >= 0.3 is 0 Å². The number of rotatable bonds is 4. The molecule has 0 radical (unpaired) electrons. The van der Waals surface area contributed by atoms with E-state index in [1.807, 2.05) is 31.2 Å². The standard InChI is InChI=1S/C19H20OS/c1-14-7-9-17(10-8-14)21-19(11-4-12-19)18(20)16-6-3-5-15(2)13-16/h3,5-10,13H,4,11-12H2,1-2H3. The number of hydrogen-bond donors (Lipinski definition) is 0. The van der Waals surface area contributed by atoms with Crippen LogP contribution in [0.15, 0.2) is 53.4 Å². The maximum absolute atomic E-state index is 13.0. The predicted molar refractivity (Wildman–Crippen MR) is 89.1 cm³/mol. The molecule has 0 atom stereocenters. The van der Waals surface area contributed by atoms with E-state index in [1.54, 1.807) is 11.8 Å². The zero-order valence-corrected chi connectivity index (χ0v) is 13.4. The number of Topliss-reactive ketones (excluding diaryl/α,β-unsaturated/α-hetero) is 1. The Balaban J connectivity index is 1.86. The predicted octanol–water partition coefficient (Wildman–Crippen LogP) is 5.20. The van der Waals surface area contributed by atoms with Crippen molar-refractivity contribution >= 4 is 17.5 Å². The summed E-state index contributed by atoms with van der Waals surface area (Å²) < 4.78 is -0.247. The van der Waals surface area contributed by atoms with Crippen molar-refractivity contribution in [3.05, 3.63) is 65.2 Å². The number of carbonyl (C=O) groups excluding carboxylic acids is 1. The van der Waals surface area contributed by atoms with E-state index >= 15 is 0 Å². The molecule has 0 unspecified atom stereocenters. The lowest BCUT2D eigenvalue weighted by atomic mass is 9.78. The Morgan fingerprint density at radius 2 is 1.71 bits per heavy atom. The lowest BCUT2D eigenvalue weighted by molar-refractivity contribution is 0.0892. The quantitative estimate of drug-likeness (QED) is 0.721. The molecule has 0 aromatic heterocycles. The Morgan fingerprint density at radius 1 is 1.00 bits per heavy atom. The van der Waals surface area contributed by atoms with Gasteiger partial charge in [0, 0.05) is 10.5 Å². The Labute approximate surface area is 130 Å². The summed E-state index contributed by atoms with van der Waals surface area (Å²) in [6.45, 7) is 4.13. The van der Waals surface area contributed by atoms with Crippen LogP contribution in [0.5, 0.6) is 0 Å². The lowest BCUT2D eigenvalue weighted by Crippen LogP contribution is -2.42. The van der Waals surface area contributed by atoms with Gasteiger partial charge in [-0.25, -0.2) is 0 Å². The smallest absolute Gasteiger partial charge is 0.179 e. The molecule has 1 nitrogen and oxygen atoms in total. The molecule has 1 aliphatic rings. The third-order valence-corrected chi connectivity index (χ3v) is 5.68. The fourth-order valence-electron chi connectivity index (χ4n) is 2.75. The summed E-state index contributed by atoms with van der Waals surface area (Å²) in [5.74, 6) is 0.294. The second-order valence-corrected chi connectivity index (χ2v) is 7.42. The molecule has 0 amide bonds. The highest BCUT2D eigenvalue weighted by Gasteiger charge is 2.45. The molecule has 3 rings (SSSR count). The van der Waals surface area contributed by atoms with E-state index in [4.69, 9.17) is 0 Å². The van der Waals surface area contributed by atoms with E-state index < -0.39 is 0 Å². The van der Waals surface area contributed by atoms with Crippen molar-refractivity contribution < 1.29 is 4.79 Å². The van der Waals surface area contributed by atoms with Crippen molar-refractivity contribution in [2.75, 3.05) is 0 Å². The van der Waals surface area contributed by atoms with Gasteiger partial charge in [-0.2, -0.15) is 0 Å². The SMILES string of the molecule is Cc1ccc(SC2(C(=O)c3cccc(C)c3)CCC2)cc1. The van der Waals surface area contributed by atoms with Crippen molar-refractivity contribution in [1.29, 1.82) is 0 Å². The molecule has 21 heavy (non-hydrogen) atoms. The van der Waals surface area contributed by atoms with Gasteiger partial charge in [-0.1, -0.05) is 41.5 Å². The van der Waals surface area contributed by atoms with Crippen LogP contribution in [0.4, 0.5) is 0 Å². The molecule has 0 N–H and O–H groups in total. The minimum absolute atomic E-state index is 0.247. The molecule has 1 aliphatic carbocycles. The van der Waals surface area contributed by atoms with Gasteiger partial charge in [0.25, 0.3) is 0 Å². The number of thioether (sulfide) groups is 1. The Morgan fingerprint density at radius 3 is 2.29 bits per heavy atom. The van der Waals surface area contributed by atoms with E-state index in [0.717, 1.165) is 30.4 Å². The molecule has 2 aromatic rings. The molecule has 2 aromatic carbocycles. The molecule has 2 heteroatoms.